The minimum absolute atomic E-state index is 0.165. The van der Waals surface area contributed by atoms with Gasteiger partial charge in [-0.2, -0.15) is 0 Å². The van der Waals surface area contributed by atoms with Crippen LogP contribution in [0.2, 0.25) is 0 Å². The summed E-state index contributed by atoms with van der Waals surface area (Å²) in [7, 11) is 1.72. The summed E-state index contributed by atoms with van der Waals surface area (Å²) < 4.78 is 0. The molecule has 11 heavy (non-hydrogen) atoms. The van der Waals surface area contributed by atoms with E-state index in [1.165, 1.54) is 6.34 Å². The Morgan fingerprint density at radius 1 is 1.82 bits per heavy atom. The number of alkyl halides is 1. The number of nitrogens with zero attached hydrogens (tertiary/aromatic N) is 2. The smallest absolute Gasteiger partial charge is 0.152 e. The van der Waals surface area contributed by atoms with E-state index in [0.717, 1.165) is 0 Å². The molecule has 0 saturated heterocycles. The maximum Gasteiger partial charge on any atom is 0.152 e. The Labute approximate surface area is 74.3 Å². The molecule has 60 valence electrons. The molecule has 0 aromatic rings. The Hall–Kier alpha value is -0.540. The fourth-order valence-corrected chi connectivity index (χ4v) is 1.15. The highest BCUT2D eigenvalue weighted by atomic mass is 35.5. The van der Waals surface area contributed by atoms with Crippen LogP contribution in [0.25, 0.3) is 0 Å². The van der Waals surface area contributed by atoms with Gasteiger partial charge in [0.25, 0.3) is 0 Å². The highest BCUT2D eigenvalue weighted by Crippen LogP contribution is 2.22. The zero-order valence-corrected chi connectivity index (χ0v) is 7.30. The van der Waals surface area contributed by atoms with Gasteiger partial charge in [0.15, 0.2) is 6.29 Å². The molecule has 0 aromatic carbocycles. The van der Waals surface area contributed by atoms with Crippen LogP contribution >= 0.6 is 23.2 Å². The Kier molecular flexibility index (Phi) is 2.52. The quantitative estimate of drug-likeness (QED) is 0.355. The molecule has 0 aliphatic carbocycles. The molecular formula is C6H6Cl2N2O. The minimum atomic E-state index is -0.502. The average Bonchev–Trinajstić information content (AvgIpc) is 1.99. The van der Waals surface area contributed by atoms with Crippen molar-refractivity contribution < 1.29 is 4.79 Å². The molecule has 0 fully saturated rings. The van der Waals surface area contributed by atoms with Crippen molar-refractivity contribution in [1.82, 2.24) is 4.90 Å². The molecule has 3 nitrogen and oxygen atoms in total. The van der Waals surface area contributed by atoms with E-state index in [0.29, 0.717) is 11.9 Å². The lowest BCUT2D eigenvalue weighted by Gasteiger charge is -2.23. The van der Waals surface area contributed by atoms with Gasteiger partial charge in [-0.25, -0.2) is 4.99 Å². The standard InChI is InChI=1S/C6H6Cl2N2O/c1-10-3-9-5(7)4(2-11)6(10)8/h2-3,6H,1H3. The van der Waals surface area contributed by atoms with Crippen LogP contribution in [-0.2, 0) is 4.79 Å². The molecule has 1 aliphatic heterocycles. The molecule has 5 heteroatoms. The van der Waals surface area contributed by atoms with Crippen molar-refractivity contribution in [3.63, 3.8) is 0 Å². The van der Waals surface area contributed by atoms with Crippen molar-refractivity contribution in [3.8, 4) is 0 Å². The highest BCUT2D eigenvalue weighted by Gasteiger charge is 2.20. The van der Waals surface area contributed by atoms with Crippen molar-refractivity contribution in [2.45, 2.75) is 5.50 Å². The van der Waals surface area contributed by atoms with Gasteiger partial charge in [-0.15, -0.1) is 0 Å². The predicted octanol–water partition coefficient (Wildman–Crippen LogP) is 1.17. The summed E-state index contributed by atoms with van der Waals surface area (Å²) in [5.41, 5.74) is -0.198. The molecule has 0 spiro atoms. The maximum absolute atomic E-state index is 10.4. The predicted molar refractivity (Wildman–Crippen MR) is 44.8 cm³/mol. The Morgan fingerprint density at radius 3 is 2.91 bits per heavy atom. The van der Waals surface area contributed by atoms with Gasteiger partial charge < -0.3 is 4.90 Å². The van der Waals surface area contributed by atoms with Gasteiger partial charge in [0.05, 0.1) is 11.9 Å². The van der Waals surface area contributed by atoms with E-state index in [-0.39, 0.29) is 5.16 Å². The van der Waals surface area contributed by atoms with E-state index in [1.807, 2.05) is 0 Å². The topological polar surface area (TPSA) is 32.7 Å². The molecule has 1 rings (SSSR count). The van der Waals surface area contributed by atoms with Gasteiger partial charge in [-0.05, 0) is 0 Å². The maximum atomic E-state index is 10.4. The van der Waals surface area contributed by atoms with Crippen molar-refractivity contribution in [2.24, 2.45) is 4.99 Å². The van der Waals surface area contributed by atoms with E-state index in [1.54, 1.807) is 11.9 Å². The molecule has 0 aromatic heterocycles. The number of carbonyl (C=O) groups is 1. The number of aliphatic imine (C=N–C) groups is 1. The highest BCUT2D eigenvalue weighted by molar-refractivity contribution is 6.34. The summed E-state index contributed by atoms with van der Waals surface area (Å²) in [4.78, 5) is 15.7. The lowest BCUT2D eigenvalue weighted by molar-refractivity contribution is -0.105. The second kappa shape index (κ2) is 3.24. The second-order valence-corrected chi connectivity index (χ2v) is 2.88. The third-order valence-electron chi connectivity index (χ3n) is 1.33. The molecule has 0 radical (unpaired) electrons. The first kappa shape index (κ1) is 8.56. The van der Waals surface area contributed by atoms with E-state index in [9.17, 15) is 4.79 Å². The minimum Gasteiger partial charge on any atom is -0.345 e. The van der Waals surface area contributed by atoms with Gasteiger partial charge >= 0.3 is 0 Å². The summed E-state index contributed by atoms with van der Waals surface area (Å²) in [5.74, 6) is 0. The number of hydrogen-bond acceptors (Lipinski definition) is 3. The molecule has 1 unspecified atom stereocenters. The molecule has 0 saturated carbocycles. The van der Waals surface area contributed by atoms with Gasteiger partial charge in [0.2, 0.25) is 0 Å². The summed E-state index contributed by atoms with van der Waals surface area (Å²) in [6.07, 6.45) is 2.10. The number of carbonyl (C=O) groups excluding carboxylic acids is 1. The lowest BCUT2D eigenvalue weighted by Crippen LogP contribution is -2.30. The first-order valence-electron chi connectivity index (χ1n) is 2.92. The fraction of sp³-hybridized carbons (Fsp3) is 0.333. The average molecular weight is 193 g/mol. The van der Waals surface area contributed by atoms with Crippen molar-refractivity contribution >= 4 is 35.8 Å². The number of likely N-dealkylation sites (N-methyl/N-ethyl adjacent to an activating group) is 1. The van der Waals surface area contributed by atoms with Crippen LogP contribution < -0.4 is 0 Å². The Morgan fingerprint density at radius 2 is 2.45 bits per heavy atom. The number of aldehydes is 1. The molecule has 0 N–H and O–H groups in total. The first-order chi connectivity index (χ1) is 5.16. The molecule has 0 bridgehead atoms. The van der Waals surface area contributed by atoms with E-state index < -0.39 is 5.50 Å². The molecule has 1 heterocycles. The normalized spacial score (nSPS) is 24.3. The third-order valence-corrected chi connectivity index (χ3v) is 2.19. The van der Waals surface area contributed by atoms with Crippen LogP contribution in [0.5, 0.6) is 0 Å². The number of rotatable bonds is 1. The van der Waals surface area contributed by atoms with E-state index in [2.05, 4.69) is 4.99 Å². The number of halogens is 2. The third kappa shape index (κ3) is 1.54. The number of hydrogen-bond donors (Lipinski definition) is 0. The van der Waals surface area contributed by atoms with Crippen molar-refractivity contribution in [2.75, 3.05) is 7.05 Å². The van der Waals surface area contributed by atoms with Gasteiger partial charge in [-0.1, -0.05) is 23.2 Å². The molecular weight excluding hydrogens is 187 g/mol. The van der Waals surface area contributed by atoms with Crippen LogP contribution in [0, 0.1) is 0 Å². The van der Waals surface area contributed by atoms with E-state index >= 15 is 0 Å². The van der Waals surface area contributed by atoms with Crippen molar-refractivity contribution in [3.05, 3.63) is 10.7 Å². The summed E-state index contributed by atoms with van der Waals surface area (Å²) in [5, 5.41) is 0.165. The van der Waals surface area contributed by atoms with Gasteiger partial charge in [-0.3, -0.25) is 4.79 Å². The summed E-state index contributed by atoms with van der Waals surface area (Å²) >= 11 is 11.4. The second-order valence-electron chi connectivity index (χ2n) is 2.11. The van der Waals surface area contributed by atoms with Gasteiger partial charge in [0.1, 0.15) is 10.7 Å². The molecule has 1 aliphatic rings. The summed E-state index contributed by atoms with van der Waals surface area (Å²) in [6.45, 7) is 0. The first-order valence-corrected chi connectivity index (χ1v) is 3.73. The van der Waals surface area contributed by atoms with Crippen LogP contribution in [0.4, 0.5) is 0 Å². The van der Waals surface area contributed by atoms with Crippen LogP contribution in [0.3, 0.4) is 0 Å². The Bertz CT molecular complexity index is 237. The van der Waals surface area contributed by atoms with E-state index in [4.69, 9.17) is 23.2 Å². The zero-order valence-electron chi connectivity index (χ0n) is 5.79. The van der Waals surface area contributed by atoms with Crippen LogP contribution in [-0.4, -0.2) is 30.1 Å². The van der Waals surface area contributed by atoms with Gasteiger partial charge in [0, 0.05) is 7.05 Å². The van der Waals surface area contributed by atoms with Crippen molar-refractivity contribution in [1.29, 1.82) is 0 Å². The fourth-order valence-electron chi connectivity index (χ4n) is 0.697. The Balaban J connectivity index is 2.98. The molecule has 0 amide bonds. The molecule has 1 atom stereocenters. The monoisotopic (exact) mass is 192 g/mol. The largest absolute Gasteiger partial charge is 0.345 e. The lowest BCUT2D eigenvalue weighted by atomic mass is 10.3. The zero-order chi connectivity index (χ0) is 8.43. The van der Waals surface area contributed by atoms with Crippen LogP contribution in [0.15, 0.2) is 15.7 Å². The van der Waals surface area contributed by atoms with Crippen LogP contribution in [0.1, 0.15) is 0 Å². The SMILES string of the molecule is CN1C=NC(Cl)=C(C=O)C1Cl. The summed E-state index contributed by atoms with van der Waals surface area (Å²) in [6, 6.07) is 0.